The zero-order valence-electron chi connectivity index (χ0n) is 10.1. The van der Waals surface area contributed by atoms with Crippen LogP contribution in [0.25, 0.3) is 0 Å². The average Bonchev–Trinajstić information content (AvgIpc) is 2.61. The second-order valence-corrected chi connectivity index (χ2v) is 4.39. The van der Waals surface area contributed by atoms with Crippen molar-refractivity contribution in [2.75, 3.05) is 11.1 Å². The minimum Gasteiger partial charge on any atom is -0.398 e. The molecule has 0 unspecified atom stereocenters. The Morgan fingerprint density at radius 3 is 2.72 bits per heavy atom. The van der Waals surface area contributed by atoms with Gasteiger partial charge < -0.3 is 11.1 Å². The van der Waals surface area contributed by atoms with E-state index in [2.05, 4.69) is 10.4 Å². The largest absolute Gasteiger partial charge is 0.398 e. The Balaban J connectivity index is 2.22. The van der Waals surface area contributed by atoms with Crippen LogP contribution >= 0.6 is 11.6 Å². The summed E-state index contributed by atoms with van der Waals surface area (Å²) in [6, 6.07) is 6.55. The van der Waals surface area contributed by atoms with Crippen LogP contribution in [-0.4, -0.2) is 15.7 Å². The molecular weight excluding hydrogens is 252 g/mol. The topological polar surface area (TPSA) is 72.9 Å². The number of rotatable bonds is 2. The molecule has 0 saturated heterocycles. The fourth-order valence-electron chi connectivity index (χ4n) is 1.60. The van der Waals surface area contributed by atoms with E-state index in [0.717, 1.165) is 5.69 Å². The van der Waals surface area contributed by atoms with Gasteiger partial charge in [-0.05, 0) is 25.1 Å². The number of nitrogen functional groups attached to an aromatic ring is 1. The maximum atomic E-state index is 12.0. The van der Waals surface area contributed by atoms with Crippen LogP contribution in [0.5, 0.6) is 0 Å². The van der Waals surface area contributed by atoms with Gasteiger partial charge in [-0.25, -0.2) is 0 Å². The minimum atomic E-state index is -0.249. The number of anilines is 2. The highest BCUT2D eigenvalue weighted by molar-refractivity contribution is 6.33. The summed E-state index contributed by atoms with van der Waals surface area (Å²) in [5.41, 5.74) is 7.33. The molecule has 0 atom stereocenters. The van der Waals surface area contributed by atoms with Crippen molar-refractivity contribution in [1.29, 1.82) is 0 Å². The second kappa shape index (κ2) is 4.70. The summed E-state index contributed by atoms with van der Waals surface area (Å²) in [4.78, 5) is 12.0. The fraction of sp³-hybridized carbons (Fsp3) is 0.167. The highest BCUT2D eigenvalue weighted by atomic mass is 35.5. The van der Waals surface area contributed by atoms with Crippen LogP contribution in [-0.2, 0) is 7.05 Å². The van der Waals surface area contributed by atoms with Crippen LogP contribution < -0.4 is 11.1 Å². The van der Waals surface area contributed by atoms with Gasteiger partial charge in [0.1, 0.15) is 5.82 Å². The lowest BCUT2D eigenvalue weighted by atomic mass is 10.2. The van der Waals surface area contributed by atoms with Crippen molar-refractivity contribution >= 4 is 29.0 Å². The van der Waals surface area contributed by atoms with Crippen LogP contribution in [0.2, 0.25) is 5.02 Å². The number of aryl methyl sites for hydroxylation is 2. The van der Waals surface area contributed by atoms with Gasteiger partial charge in [-0.2, -0.15) is 5.10 Å². The van der Waals surface area contributed by atoms with E-state index in [0.29, 0.717) is 22.1 Å². The van der Waals surface area contributed by atoms with E-state index < -0.39 is 0 Å². The van der Waals surface area contributed by atoms with Gasteiger partial charge in [0.05, 0.1) is 16.4 Å². The first-order valence-corrected chi connectivity index (χ1v) is 5.72. The molecule has 0 aliphatic carbocycles. The molecule has 2 aromatic rings. The second-order valence-electron chi connectivity index (χ2n) is 3.98. The highest BCUT2D eigenvalue weighted by Crippen LogP contribution is 2.20. The normalized spacial score (nSPS) is 10.4. The molecule has 3 N–H and O–H groups in total. The standard InChI is InChI=1S/C12H13ClN4O/c1-7-5-11(17(2)16-7)15-12(18)8-3-4-9(13)10(14)6-8/h3-6H,14H2,1-2H3,(H,15,18). The number of halogens is 1. The molecule has 1 heterocycles. The smallest absolute Gasteiger partial charge is 0.256 e. The summed E-state index contributed by atoms with van der Waals surface area (Å²) in [6.45, 7) is 1.86. The number of nitrogens with one attached hydrogen (secondary N) is 1. The van der Waals surface area contributed by atoms with Gasteiger partial charge in [-0.3, -0.25) is 9.48 Å². The molecule has 0 bridgehead atoms. The third-order valence-electron chi connectivity index (χ3n) is 2.50. The fourth-order valence-corrected chi connectivity index (χ4v) is 1.72. The summed E-state index contributed by atoms with van der Waals surface area (Å²) in [7, 11) is 1.76. The maximum Gasteiger partial charge on any atom is 0.256 e. The van der Waals surface area contributed by atoms with Gasteiger partial charge in [0, 0.05) is 18.7 Å². The molecule has 0 saturated carbocycles. The number of hydrogen-bond donors (Lipinski definition) is 2. The lowest BCUT2D eigenvalue weighted by Crippen LogP contribution is -2.14. The zero-order valence-corrected chi connectivity index (χ0v) is 10.8. The first kappa shape index (κ1) is 12.4. The molecule has 18 heavy (non-hydrogen) atoms. The molecule has 0 aliphatic rings. The van der Waals surface area contributed by atoms with E-state index in [-0.39, 0.29) is 5.91 Å². The van der Waals surface area contributed by atoms with Crippen molar-refractivity contribution < 1.29 is 4.79 Å². The SMILES string of the molecule is Cc1cc(NC(=O)c2ccc(Cl)c(N)c2)n(C)n1. The van der Waals surface area contributed by atoms with Crippen LogP contribution in [0, 0.1) is 6.92 Å². The number of nitrogens with zero attached hydrogens (tertiary/aromatic N) is 2. The van der Waals surface area contributed by atoms with Gasteiger partial charge in [0.2, 0.25) is 0 Å². The van der Waals surface area contributed by atoms with E-state index in [1.54, 1.807) is 36.0 Å². The molecule has 2 rings (SSSR count). The maximum absolute atomic E-state index is 12.0. The van der Waals surface area contributed by atoms with E-state index in [1.165, 1.54) is 0 Å². The van der Waals surface area contributed by atoms with Crippen molar-refractivity contribution in [3.05, 3.63) is 40.5 Å². The van der Waals surface area contributed by atoms with Crippen molar-refractivity contribution in [2.45, 2.75) is 6.92 Å². The summed E-state index contributed by atoms with van der Waals surface area (Å²) >= 11 is 5.80. The molecule has 1 aromatic heterocycles. The number of carbonyl (C=O) groups is 1. The van der Waals surface area contributed by atoms with Crippen molar-refractivity contribution in [3.63, 3.8) is 0 Å². The molecule has 0 spiro atoms. The van der Waals surface area contributed by atoms with Gasteiger partial charge in [-0.1, -0.05) is 11.6 Å². The van der Waals surface area contributed by atoms with Crippen LogP contribution in [0.3, 0.4) is 0 Å². The number of carbonyl (C=O) groups excluding carboxylic acids is 1. The van der Waals surface area contributed by atoms with Gasteiger partial charge >= 0.3 is 0 Å². The highest BCUT2D eigenvalue weighted by Gasteiger charge is 2.10. The van der Waals surface area contributed by atoms with Gasteiger partial charge in [-0.15, -0.1) is 0 Å². The molecular formula is C12H13ClN4O. The Morgan fingerprint density at radius 2 is 2.17 bits per heavy atom. The van der Waals surface area contributed by atoms with Crippen molar-refractivity contribution in [3.8, 4) is 0 Å². The Morgan fingerprint density at radius 1 is 1.44 bits per heavy atom. The number of aromatic nitrogens is 2. The Labute approximate surface area is 110 Å². The minimum absolute atomic E-state index is 0.249. The lowest BCUT2D eigenvalue weighted by molar-refractivity contribution is 0.102. The monoisotopic (exact) mass is 264 g/mol. The Kier molecular flexibility index (Phi) is 3.25. The summed E-state index contributed by atoms with van der Waals surface area (Å²) in [5, 5.41) is 7.34. The molecule has 6 heteroatoms. The quantitative estimate of drug-likeness (QED) is 0.817. The zero-order chi connectivity index (χ0) is 13.3. The van der Waals surface area contributed by atoms with E-state index in [9.17, 15) is 4.79 Å². The van der Waals surface area contributed by atoms with E-state index in [4.69, 9.17) is 17.3 Å². The summed E-state index contributed by atoms with van der Waals surface area (Å²) < 4.78 is 1.60. The van der Waals surface area contributed by atoms with E-state index in [1.807, 2.05) is 6.92 Å². The Bertz CT molecular complexity index is 606. The summed E-state index contributed by atoms with van der Waals surface area (Å²) in [5.74, 6) is 0.382. The number of benzene rings is 1. The molecule has 0 radical (unpaired) electrons. The van der Waals surface area contributed by atoms with Gasteiger partial charge in [0.25, 0.3) is 5.91 Å². The first-order valence-electron chi connectivity index (χ1n) is 5.34. The van der Waals surface area contributed by atoms with Crippen LogP contribution in [0.1, 0.15) is 16.1 Å². The first-order chi connectivity index (χ1) is 8.47. The van der Waals surface area contributed by atoms with E-state index >= 15 is 0 Å². The third-order valence-corrected chi connectivity index (χ3v) is 2.85. The molecule has 1 amide bonds. The number of nitrogens with two attached hydrogens (primary N) is 1. The molecule has 0 aliphatic heterocycles. The number of hydrogen-bond acceptors (Lipinski definition) is 3. The van der Waals surface area contributed by atoms with Gasteiger partial charge in [0.15, 0.2) is 0 Å². The third kappa shape index (κ3) is 2.46. The molecule has 94 valence electrons. The Hall–Kier alpha value is -2.01. The predicted molar refractivity (Wildman–Crippen MR) is 71.8 cm³/mol. The lowest BCUT2D eigenvalue weighted by Gasteiger charge is -2.06. The number of amides is 1. The molecule has 5 nitrogen and oxygen atoms in total. The van der Waals surface area contributed by atoms with Crippen LogP contribution in [0.15, 0.2) is 24.3 Å². The van der Waals surface area contributed by atoms with Crippen molar-refractivity contribution in [2.24, 2.45) is 7.05 Å². The predicted octanol–water partition coefficient (Wildman–Crippen LogP) is 2.22. The summed E-state index contributed by atoms with van der Waals surface area (Å²) in [6.07, 6.45) is 0. The van der Waals surface area contributed by atoms with Crippen LogP contribution in [0.4, 0.5) is 11.5 Å². The molecule has 1 aromatic carbocycles. The van der Waals surface area contributed by atoms with Crippen molar-refractivity contribution in [1.82, 2.24) is 9.78 Å². The average molecular weight is 265 g/mol. The molecule has 0 fully saturated rings.